The molecule has 0 unspecified atom stereocenters. The average Bonchev–Trinajstić information content (AvgIpc) is 2.34. The summed E-state index contributed by atoms with van der Waals surface area (Å²) in [6.07, 6.45) is 1.11. The van der Waals surface area contributed by atoms with Gasteiger partial charge in [-0.1, -0.05) is 13.8 Å². The molecule has 6 heteroatoms. The fourth-order valence-corrected chi connectivity index (χ4v) is 2.54. The zero-order valence-corrected chi connectivity index (χ0v) is 14.6. The zero-order chi connectivity index (χ0) is 12.5. The van der Waals surface area contributed by atoms with Gasteiger partial charge in [0.2, 0.25) is 0 Å². The van der Waals surface area contributed by atoms with E-state index in [-0.39, 0.29) is 24.0 Å². The maximum Gasteiger partial charge on any atom is 0.191 e. The number of ether oxygens (including phenoxy) is 1. The molecule has 0 aliphatic carbocycles. The highest BCUT2D eigenvalue weighted by Gasteiger charge is 2.11. The van der Waals surface area contributed by atoms with Crippen LogP contribution < -0.4 is 5.73 Å². The van der Waals surface area contributed by atoms with E-state index in [1.165, 1.54) is 11.5 Å². The highest BCUT2D eigenvalue weighted by Crippen LogP contribution is 2.08. The van der Waals surface area contributed by atoms with Gasteiger partial charge in [-0.25, -0.2) is 0 Å². The van der Waals surface area contributed by atoms with E-state index in [9.17, 15) is 0 Å². The molecule has 1 aliphatic heterocycles. The smallest absolute Gasteiger partial charge is 0.191 e. The fraction of sp³-hybridized carbons (Fsp3) is 0.917. The van der Waals surface area contributed by atoms with E-state index in [1.54, 1.807) is 0 Å². The van der Waals surface area contributed by atoms with Crippen molar-refractivity contribution in [1.29, 1.82) is 0 Å². The first-order valence-corrected chi connectivity index (χ1v) is 7.56. The van der Waals surface area contributed by atoms with E-state index in [4.69, 9.17) is 10.5 Å². The Kier molecular flexibility index (Phi) is 11.4. The number of nitrogens with zero attached hydrogens (tertiary/aromatic N) is 2. The van der Waals surface area contributed by atoms with Crippen LogP contribution >= 0.6 is 35.7 Å². The third kappa shape index (κ3) is 8.42. The van der Waals surface area contributed by atoms with Crippen LogP contribution in [-0.4, -0.2) is 55.2 Å². The van der Waals surface area contributed by atoms with E-state index >= 15 is 0 Å². The molecule has 0 radical (unpaired) electrons. The Bertz CT molecular complexity index is 233. The van der Waals surface area contributed by atoms with Crippen molar-refractivity contribution >= 4 is 41.7 Å². The SMILES string of the molecule is CC(C)CSCCCN=C(N)N1CCOCC1.I. The van der Waals surface area contributed by atoms with Crippen LogP contribution in [0.3, 0.4) is 0 Å². The number of rotatable bonds is 6. The number of hydrogen-bond donors (Lipinski definition) is 1. The number of guanidine groups is 1. The zero-order valence-electron chi connectivity index (χ0n) is 11.4. The topological polar surface area (TPSA) is 50.8 Å². The second-order valence-electron chi connectivity index (χ2n) is 4.66. The van der Waals surface area contributed by atoms with E-state index in [0.29, 0.717) is 5.96 Å². The lowest BCUT2D eigenvalue weighted by atomic mass is 10.3. The Balaban J connectivity index is 0.00000289. The van der Waals surface area contributed by atoms with E-state index < -0.39 is 0 Å². The van der Waals surface area contributed by atoms with Crippen molar-refractivity contribution in [2.45, 2.75) is 20.3 Å². The van der Waals surface area contributed by atoms with Crippen LogP contribution in [0.1, 0.15) is 20.3 Å². The van der Waals surface area contributed by atoms with Crippen molar-refractivity contribution in [3.8, 4) is 0 Å². The lowest BCUT2D eigenvalue weighted by molar-refractivity contribution is 0.0674. The number of hydrogen-bond acceptors (Lipinski definition) is 3. The fourth-order valence-electron chi connectivity index (χ4n) is 1.57. The summed E-state index contributed by atoms with van der Waals surface area (Å²) in [5.74, 6) is 3.88. The van der Waals surface area contributed by atoms with E-state index in [0.717, 1.165) is 45.2 Å². The van der Waals surface area contributed by atoms with Crippen LogP contribution in [0.15, 0.2) is 4.99 Å². The van der Waals surface area contributed by atoms with Crippen molar-refractivity contribution in [3.05, 3.63) is 0 Å². The van der Waals surface area contributed by atoms with Crippen LogP contribution in [0.25, 0.3) is 0 Å². The third-order valence-electron chi connectivity index (χ3n) is 2.51. The number of aliphatic imine (C=N–C) groups is 1. The minimum Gasteiger partial charge on any atom is -0.378 e. The number of nitrogens with two attached hydrogens (primary N) is 1. The number of morpholine rings is 1. The number of halogens is 1. The maximum atomic E-state index is 5.92. The molecule has 0 bridgehead atoms. The number of thioether (sulfide) groups is 1. The van der Waals surface area contributed by atoms with Crippen LogP contribution in [0.2, 0.25) is 0 Å². The van der Waals surface area contributed by atoms with Crippen molar-refractivity contribution < 1.29 is 4.74 Å². The Morgan fingerprint density at radius 2 is 2.06 bits per heavy atom. The highest BCUT2D eigenvalue weighted by atomic mass is 127. The summed E-state index contributed by atoms with van der Waals surface area (Å²) >= 11 is 2.00. The van der Waals surface area contributed by atoms with Gasteiger partial charge in [0, 0.05) is 19.6 Å². The third-order valence-corrected chi connectivity index (χ3v) is 3.99. The average molecular weight is 387 g/mol. The molecular weight excluding hydrogens is 361 g/mol. The molecule has 0 aromatic carbocycles. The van der Waals surface area contributed by atoms with Gasteiger partial charge in [0.1, 0.15) is 0 Å². The van der Waals surface area contributed by atoms with Crippen LogP contribution in [0, 0.1) is 5.92 Å². The van der Waals surface area contributed by atoms with Gasteiger partial charge < -0.3 is 15.4 Å². The largest absolute Gasteiger partial charge is 0.378 e. The molecule has 0 saturated carbocycles. The van der Waals surface area contributed by atoms with Crippen molar-refractivity contribution in [1.82, 2.24) is 4.90 Å². The first-order valence-electron chi connectivity index (χ1n) is 6.40. The molecule has 108 valence electrons. The molecule has 0 aromatic heterocycles. The van der Waals surface area contributed by atoms with E-state index in [2.05, 4.69) is 23.7 Å². The highest BCUT2D eigenvalue weighted by molar-refractivity contribution is 14.0. The van der Waals surface area contributed by atoms with E-state index in [1.807, 2.05) is 11.8 Å². The second kappa shape index (κ2) is 11.2. The molecule has 2 N–H and O–H groups in total. The Hall–Kier alpha value is 0.310. The summed E-state index contributed by atoms with van der Waals surface area (Å²) in [4.78, 5) is 6.52. The van der Waals surface area contributed by atoms with Gasteiger partial charge in [-0.3, -0.25) is 4.99 Å². The Morgan fingerprint density at radius 1 is 1.39 bits per heavy atom. The van der Waals surface area contributed by atoms with Gasteiger partial charge in [-0.05, 0) is 23.8 Å². The normalized spacial score (nSPS) is 16.8. The molecule has 1 aliphatic rings. The predicted octanol–water partition coefficient (Wildman–Crippen LogP) is 2.03. The predicted molar refractivity (Wildman–Crippen MR) is 91.1 cm³/mol. The summed E-state index contributed by atoms with van der Waals surface area (Å²) in [6, 6.07) is 0. The van der Waals surface area contributed by atoms with Crippen LogP contribution in [-0.2, 0) is 4.74 Å². The molecule has 0 spiro atoms. The molecule has 1 saturated heterocycles. The van der Waals surface area contributed by atoms with Crippen molar-refractivity contribution in [2.75, 3.05) is 44.4 Å². The minimum absolute atomic E-state index is 0. The van der Waals surface area contributed by atoms with Gasteiger partial charge in [0.05, 0.1) is 13.2 Å². The second-order valence-corrected chi connectivity index (χ2v) is 5.81. The molecule has 4 nitrogen and oxygen atoms in total. The summed E-state index contributed by atoms with van der Waals surface area (Å²) in [7, 11) is 0. The molecule has 0 aromatic rings. The lowest BCUT2D eigenvalue weighted by Gasteiger charge is -2.27. The molecule has 18 heavy (non-hydrogen) atoms. The van der Waals surface area contributed by atoms with Gasteiger partial charge in [0.15, 0.2) is 5.96 Å². The first-order chi connectivity index (χ1) is 8.20. The summed E-state index contributed by atoms with van der Waals surface area (Å²) in [6.45, 7) is 8.62. The Morgan fingerprint density at radius 3 is 2.67 bits per heavy atom. The Labute approximate surface area is 132 Å². The quantitative estimate of drug-likeness (QED) is 0.328. The standard InChI is InChI=1S/C12H25N3OS.HI/c1-11(2)10-17-9-3-4-14-12(13)15-5-7-16-8-6-15;/h11H,3-10H2,1-2H3,(H2,13,14);1H. The van der Waals surface area contributed by atoms with Crippen molar-refractivity contribution in [3.63, 3.8) is 0 Å². The first kappa shape index (κ1) is 18.3. The van der Waals surface area contributed by atoms with Crippen molar-refractivity contribution in [2.24, 2.45) is 16.6 Å². The molecule has 1 fully saturated rings. The van der Waals surface area contributed by atoms with Gasteiger partial charge in [-0.15, -0.1) is 24.0 Å². The lowest BCUT2D eigenvalue weighted by Crippen LogP contribution is -2.44. The van der Waals surface area contributed by atoms with Gasteiger partial charge in [0.25, 0.3) is 0 Å². The molecule has 1 heterocycles. The minimum atomic E-state index is 0. The van der Waals surface area contributed by atoms with Crippen LogP contribution in [0.5, 0.6) is 0 Å². The van der Waals surface area contributed by atoms with Gasteiger partial charge in [-0.2, -0.15) is 11.8 Å². The molecular formula is C12H26IN3OS. The summed E-state index contributed by atoms with van der Waals surface area (Å²) in [5, 5.41) is 0. The molecule has 1 rings (SSSR count). The maximum absolute atomic E-state index is 5.92. The van der Waals surface area contributed by atoms with Crippen LogP contribution in [0.4, 0.5) is 0 Å². The summed E-state index contributed by atoms with van der Waals surface area (Å²) < 4.78 is 5.27. The molecule has 0 amide bonds. The monoisotopic (exact) mass is 387 g/mol. The van der Waals surface area contributed by atoms with Gasteiger partial charge >= 0.3 is 0 Å². The summed E-state index contributed by atoms with van der Waals surface area (Å²) in [5.41, 5.74) is 5.92. The molecule has 0 atom stereocenters.